The van der Waals surface area contributed by atoms with Gasteiger partial charge in [-0.25, -0.2) is 0 Å². The Balaban J connectivity index is 1.77. The van der Waals surface area contributed by atoms with Crippen molar-refractivity contribution in [3.05, 3.63) is 47.8 Å². The SMILES string of the molecule is CC(NC1CCSc2ccccc21)c1cnn(C)c1. The van der Waals surface area contributed by atoms with Gasteiger partial charge >= 0.3 is 0 Å². The summed E-state index contributed by atoms with van der Waals surface area (Å²) >= 11 is 1.96. The van der Waals surface area contributed by atoms with Gasteiger partial charge in [0.1, 0.15) is 0 Å². The summed E-state index contributed by atoms with van der Waals surface area (Å²) in [6.07, 6.45) is 5.22. The molecule has 100 valence electrons. The molecule has 0 amide bonds. The molecule has 2 aromatic rings. The minimum atomic E-state index is 0.329. The minimum Gasteiger partial charge on any atom is -0.303 e. The van der Waals surface area contributed by atoms with E-state index < -0.39 is 0 Å². The zero-order valence-electron chi connectivity index (χ0n) is 11.3. The van der Waals surface area contributed by atoms with Gasteiger partial charge in [-0.2, -0.15) is 5.10 Å². The lowest BCUT2D eigenvalue weighted by Gasteiger charge is -2.28. The van der Waals surface area contributed by atoms with Gasteiger partial charge in [-0.15, -0.1) is 11.8 Å². The van der Waals surface area contributed by atoms with Crippen LogP contribution in [0.5, 0.6) is 0 Å². The number of hydrogen-bond acceptors (Lipinski definition) is 3. The van der Waals surface area contributed by atoms with Crippen molar-refractivity contribution in [3.8, 4) is 0 Å². The topological polar surface area (TPSA) is 29.9 Å². The number of aromatic nitrogens is 2. The molecule has 0 spiro atoms. The largest absolute Gasteiger partial charge is 0.303 e. The Hall–Kier alpha value is -1.26. The molecule has 2 unspecified atom stereocenters. The summed E-state index contributed by atoms with van der Waals surface area (Å²) in [6.45, 7) is 2.21. The summed E-state index contributed by atoms with van der Waals surface area (Å²) in [6, 6.07) is 9.51. The second-order valence-corrected chi connectivity index (χ2v) is 6.20. The first-order valence-corrected chi connectivity index (χ1v) is 7.69. The summed E-state index contributed by atoms with van der Waals surface area (Å²) < 4.78 is 1.86. The van der Waals surface area contributed by atoms with Crippen LogP contribution in [0.15, 0.2) is 41.6 Å². The molecule has 1 aromatic carbocycles. The van der Waals surface area contributed by atoms with Crippen molar-refractivity contribution in [1.82, 2.24) is 15.1 Å². The molecule has 0 saturated heterocycles. The predicted octanol–water partition coefficient (Wildman–Crippen LogP) is 3.31. The molecule has 1 N–H and O–H groups in total. The van der Waals surface area contributed by atoms with Crippen LogP contribution in [0.4, 0.5) is 0 Å². The van der Waals surface area contributed by atoms with Crippen molar-refractivity contribution < 1.29 is 0 Å². The maximum atomic E-state index is 4.25. The van der Waals surface area contributed by atoms with E-state index in [9.17, 15) is 0 Å². The van der Waals surface area contributed by atoms with Crippen LogP contribution in [0.25, 0.3) is 0 Å². The quantitative estimate of drug-likeness (QED) is 0.930. The Morgan fingerprint density at radius 3 is 3.05 bits per heavy atom. The van der Waals surface area contributed by atoms with Crippen molar-refractivity contribution in [3.63, 3.8) is 0 Å². The maximum Gasteiger partial charge on any atom is 0.0537 e. The predicted molar refractivity (Wildman–Crippen MR) is 79.3 cm³/mol. The van der Waals surface area contributed by atoms with Gasteiger partial charge in [0.25, 0.3) is 0 Å². The first-order valence-electron chi connectivity index (χ1n) is 6.70. The maximum absolute atomic E-state index is 4.25. The van der Waals surface area contributed by atoms with Gasteiger partial charge in [0.15, 0.2) is 0 Å². The Kier molecular flexibility index (Phi) is 3.62. The van der Waals surface area contributed by atoms with Crippen molar-refractivity contribution in [2.24, 2.45) is 7.05 Å². The highest BCUT2D eigenvalue weighted by molar-refractivity contribution is 7.99. The highest BCUT2D eigenvalue weighted by Crippen LogP contribution is 2.36. The number of hydrogen-bond donors (Lipinski definition) is 1. The number of benzene rings is 1. The number of nitrogens with one attached hydrogen (secondary N) is 1. The lowest BCUT2D eigenvalue weighted by atomic mass is 10.0. The average Bonchev–Trinajstić information content (AvgIpc) is 2.86. The summed E-state index contributed by atoms with van der Waals surface area (Å²) in [4.78, 5) is 1.42. The fourth-order valence-electron chi connectivity index (χ4n) is 2.58. The fraction of sp³-hybridized carbons (Fsp3) is 0.400. The standard InChI is InChI=1S/C15H19N3S/c1-11(12-9-16-18(2)10-12)17-14-7-8-19-15-6-4-3-5-13(14)15/h3-6,9-11,14,17H,7-8H2,1-2H3. The molecule has 1 aliphatic rings. The summed E-state index contributed by atoms with van der Waals surface area (Å²) in [5.41, 5.74) is 2.69. The van der Waals surface area contributed by atoms with E-state index in [-0.39, 0.29) is 0 Å². The lowest BCUT2D eigenvalue weighted by molar-refractivity contribution is 0.450. The molecule has 2 atom stereocenters. The van der Waals surface area contributed by atoms with Crippen LogP contribution in [0.3, 0.4) is 0 Å². The van der Waals surface area contributed by atoms with Gasteiger partial charge in [-0.3, -0.25) is 4.68 Å². The summed E-state index contributed by atoms with van der Waals surface area (Å²) in [5.74, 6) is 1.19. The highest BCUT2D eigenvalue weighted by atomic mass is 32.2. The van der Waals surface area contributed by atoms with Crippen LogP contribution in [0, 0.1) is 0 Å². The van der Waals surface area contributed by atoms with Crippen LogP contribution < -0.4 is 5.32 Å². The zero-order valence-corrected chi connectivity index (χ0v) is 12.2. The molecular formula is C15H19N3S. The number of rotatable bonds is 3. The summed E-state index contributed by atoms with van der Waals surface area (Å²) in [7, 11) is 1.96. The Labute approximate surface area is 118 Å². The van der Waals surface area contributed by atoms with E-state index in [1.807, 2.05) is 29.7 Å². The van der Waals surface area contributed by atoms with Gasteiger partial charge < -0.3 is 5.32 Å². The van der Waals surface area contributed by atoms with Crippen LogP contribution in [-0.2, 0) is 7.05 Å². The first-order chi connectivity index (χ1) is 9.24. The molecule has 1 aromatic heterocycles. The molecular weight excluding hydrogens is 254 g/mol. The molecule has 3 nitrogen and oxygen atoms in total. The minimum absolute atomic E-state index is 0.329. The van der Waals surface area contributed by atoms with Crippen LogP contribution in [0.2, 0.25) is 0 Å². The number of fused-ring (bicyclic) bond motifs is 1. The zero-order chi connectivity index (χ0) is 13.2. The van der Waals surface area contributed by atoms with E-state index in [0.29, 0.717) is 12.1 Å². The Morgan fingerprint density at radius 2 is 2.26 bits per heavy atom. The van der Waals surface area contributed by atoms with Gasteiger partial charge in [0, 0.05) is 35.8 Å². The smallest absolute Gasteiger partial charge is 0.0537 e. The van der Waals surface area contributed by atoms with Crippen LogP contribution in [0.1, 0.15) is 36.6 Å². The van der Waals surface area contributed by atoms with Gasteiger partial charge in [0.2, 0.25) is 0 Å². The Bertz CT molecular complexity index is 564. The molecule has 0 saturated carbocycles. The fourth-order valence-corrected chi connectivity index (χ4v) is 3.70. The van der Waals surface area contributed by atoms with Gasteiger partial charge in [-0.1, -0.05) is 18.2 Å². The third-order valence-electron chi connectivity index (χ3n) is 3.63. The molecule has 0 radical (unpaired) electrons. The van der Waals surface area contributed by atoms with E-state index in [2.05, 4.69) is 47.8 Å². The second-order valence-electron chi connectivity index (χ2n) is 5.06. The van der Waals surface area contributed by atoms with Crippen molar-refractivity contribution in [2.45, 2.75) is 30.3 Å². The Morgan fingerprint density at radius 1 is 1.42 bits per heavy atom. The van der Waals surface area contributed by atoms with Crippen molar-refractivity contribution in [2.75, 3.05) is 5.75 Å². The van der Waals surface area contributed by atoms with E-state index >= 15 is 0 Å². The monoisotopic (exact) mass is 273 g/mol. The number of thioether (sulfide) groups is 1. The second kappa shape index (κ2) is 5.39. The van der Waals surface area contributed by atoms with E-state index in [1.165, 1.54) is 28.2 Å². The molecule has 19 heavy (non-hydrogen) atoms. The van der Waals surface area contributed by atoms with E-state index in [4.69, 9.17) is 0 Å². The molecule has 0 aliphatic carbocycles. The molecule has 3 rings (SSSR count). The molecule has 1 aliphatic heterocycles. The average molecular weight is 273 g/mol. The normalized spacial score (nSPS) is 20.0. The molecule has 0 bridgehead atoms. The molecule has 4 heteroatoms. The molecule has 2 heterocycles. The van der Waals surface area contributed by atoms with Crippen LogP contribution in [-0.4, -0.2) is 15.5 Å². The first kappa shape index (κ1) is 12.8. The third kappa shape index (κ3) is 2.69. The lowest BCUT2D eigenvalue weighted by Crippen LogP contribution is -2.27. The third-order valence-corrected chi connectivity index (χ3v) is 4.76. The van der Waals surface area contributed by atoms with E-state index in [0.717, 1.165) is 0 Å². The number of nitrogens with zero attached hydrogens (tertiary/aromatic N) is 2. The van der Waals surface area contributed by atoms with Gasteiger partial charge in [-0.05, 0) is 30.7 Å². The van der Waals surface area contributed by atoms with E-state index in [1.54, 1.807) is 0 Å². The van der Waals surface area contributed by atoms with Gasteiger partial charge in [0.05, 0.1) is 6.20 Å². The molecule has 0 fully saturated rings. The summed E-state index contributed by atoms with van der Waals surface area (Å²) in [5, 5.41) is 7.99. The van der Waals surface area contributed by atoms with Crippen molar-refractivity contribution >= 4 is 11.8 Å². The highest BCUT2D eigenvalue weighted by Gasteiger charge is 2.22. The number of aryl methyl sites for hydroxylation is 1. The van der Waals surface area contributed by atoms with Crippen molar-refractivity contribution in [1.29, 1.82) is 0 Å². The van der Waals surface area contributed by atoms with Crippen LogP contribution >= 0.6 is 11.8 Å².